The summed E-state index contributed by atoms with van der Waals surface area (Å²) in [7, 11) is 3.43. The number of benzene rings is 1. The molecule has 0 radical (unpaired) electrons. The Kier molecular flexibility index (Phi) is 3.77. The van der Waals surface area contributed by atoms with Crippen molar-refractivity contribution < 1.29 is 13.9 Å². The standard InChI is InChI=1S/C14H16FN3O2S/c1-17(2)13(19)11-8-18(5-6-20-11)14-16-10-4-3-9(15)7-12(10)21-14/h3-4,7,11H,5-6,8H2,1-2H3. The molecule has 0 N–H and O–H groups in total. The summed E-state index contributed by atoms with van der Waals surface area (Å²) in [6.07, 6.45) is -0.475. The smallest absolute Gasteiger partial charge is 0.253 e. The van der Waals surface area contributed by atoms with Crippen molar-refractivity contribution in [1.29, 1.82) is 0 Å². The minimum atomic E-state index is -0.475. The summed E-state index contributed by atoms with van der Waals surface area (Å²) in [4.78, 5) is 20.1. The molecule has 5 nitrogen and oxygen atoms in total. The van der Waals surface area contributed by atoms with E-state index in [9.17, 15) is 9.18 Å². The summed E-state index contributed by atoms with van der Waals surface area (Å²) in [5.74, 6) is -0.313. The molecule has 2 heterocycles. The van der Waals surface area contributed by atoms with Crippen LogP contribution in [0.15, 0.2) is 18.2 Å². The number of thiazole rings is 1. The van der Waals surface area contributed by atoms with E-state index in [-0.39, 0.29) is 11.7 Å². The highest BCUT2D eigenvalue weighted by atomic mass is 32.1. The Morgan fingerprint density at radius 3 is 3.10 bits per heavy atom. The number of rotatable bonds is 2. The molecule has 1 amide bonds. The zero-order chi connectivity index (χ0) is 15.0. The van der Waals surface area contributed by atoms with E-state index in [0.29, 0.717) is 19.7 Å². The van der Waals surface area contributed by atoms with Crippen LogP contribution in [-0.2, 0) is 9.53 Å². The number of carbonyl (C=O) groups excluding carboxylic acids is 1. The second-order valence-corrected chi connectivity index (χ2v) is 6.16. The molecule has 2 aromatic rings. The molecule has 1 aliphatic heterocycles. The number of fused-ring (bicyclic) bond motifs is 1. The highest BCUT2D eigenvalue weighted by Gasteiger charge is 2.29. The van der Waals surface area contributed by atoms with Crippen molar-refractivity contribution in [3.05, 3.63) is 24.0 Å². The molecule has 1 fully saturated rings. The highest BCUT2D eigenvalue weighted by molar-refractivity contribution is 7.22. The fourth-order valence-electron chi connectivity index (χ4n) is 2.28. The SMILES string of the molecule is CN(C)C(=O)C1CN(c2nc3ccc(F)cc3s2)CCO1. The first-order valence-electron chi connectivity index (χ1n) is 6.68. The summed E-state index contributed by atoms with van der Waals surface area (Å²) in [5, 5.41) is 0.801. The maximum absolute atomic E-state index is 13.2. The van der Waals surface area contributed by atoms with Crippen LogP contribution in [0.1, 0.15) is 0 Å². The molecule has 1 unspecified atom stereocenters. The minimum absolute atomic E-state index is 0.0492. The van der Waals surface area contributed by atoms with Crippen LogP contribution in [0.5, 0.6) is 0 Å². The van der Waals surface area contributed by atoms with Gasteiger partial charge in [-0.25, -0.2) is 9.37 Å². The minimum Gasteiger partial charge on any atom is -0.365 e. The largest absolute Gasteiger partial charge is 0.365 e. The number of morpholine rings is 1. The van der Waals surface area contributed by atoms with E-state index < -0.39 is 6.10 Å². The molecule has 1 aromatic carbocycles. The monoisotopic (exact) mass is 309 g/mol. The number of likely N-dealkylation sites (N-methyl/N-ethyl adjacent to an activating group) is 1. The summed E-state index contributed by atoms with van der Waals surface area (Å²) >= 11 is 1.43. The van der Waals surface area contributed by atoms with Crippen molar-refractivity contribution in [3.63, 3.8) is 0 Å². The zero-order valence-electron chi connectivity index (χ0n) is 11.9. The number of aromatic nitrogens is 1. The van der Waals surface area contributed by atoms with Crippen molar-refractivity contribution in [2.45, 2.75) is 6.10 Å². The second kappa shape index (κ2) is 5.57. The second-order valence-electron chi connectivity index (χ2n) is 5.15. The van der Waals surface area contributed by atoms with Gasteiger partial charge in [-0.1, -0.05) is 11.3 Å². The zero-order valence-corrected chi connectivity index (χ0v) is 12.7. The van der Waals surface area contributed by atoms with Gasteiger partial charge in [-0.3, -0.25) is 4.79 Å². The van der Waals surface area contributed by atoms with Gasteiger partial charge >= 0.3 is 0 Å². The van der Waals surface area contributed by atoms with Crippen LogP contribution >= 0.6 is 11.3 Å². The topological polar surface area (TPSA) is 45.7 Å². The molecule has 0 aliphatic carbocycles. The third kappa shape index (κ3) is 2.84. The molecule has 112 valence electrons. The average molecular weight is 309 g/mol. The van der Waals surface area contributed by atoms with Crippen molar-refractivity contribution >= 4 is 32.6 Å². The van der Waals surface area contributed by atoms with Crippen LogP contribution < -0.4 is 4.90 Å². The van der Waals surface area contributed by atoms with Crippen molar-refractivity contribution in [2.75, 3.05) is 38.7 Å². The fourth-order valence-corrected chi connectivity index (χ4v) is 3.31. The molecule has 7 heteroatoms. The maximum atomic E-state index is 13.2. The van der Waals surface area contributed by atoms with Crippen LogP contribution in [0.3, 0.4) is 0 Å². The summed E-state index contributed by atoms with van der Waals surface area (Å²) in [6.45, 7) is 1.63. The number of halogens is 1. The molecule has 0 saturated carbocycles. The van der Waals surface area contributed by atoms with Crippen LogP contribution in [0.4, 0.5) is 9.52 Å². The Morgan fingerprint density at radius 2 is 2.33 bits per heavy atom. The number of carbonyl (C=O) groups is 1. The molecule has 1 aromatic heterocycles. The number of nitrogens with zero attached hydrogens (tertiary/aromatic N) is 3. The molecule has 21 heavy (non-hydrogen) atoms. The Hall–Kier alpha value is -1.73. The van der Waals surface area contributed by atoms with E-state index >= 15 is 0 Å². The van der Waals surface area contributed by atoms with Gasteiger partial charge < -0.3 is 14.5 Å². The molecule has 1 aliphatic rings. The molecular formula is C14H16FN3O2S. The van der Waals surface area contributed by atoms with E-state index in [0.717, 1.165) is 15.3 Å². The molecule has 1 saturated heterocycles. The number of anilines is 1. The van der Waals surface area contributed by atoms with Crippen molar-refractivity contribution in [3.8, 4) is 0 Å². The van der Waals surface area contributed by atoms with E-state index in [2.05, 4.69) is 4.98 Å². The average Bonchev–Trinajstić information content (AvgIpc) is 2.89. The highest BCUT2D eigenvalue weighted by Crippen LogP contribution is 2.30. The first kappa shape index (κ1) is 14.2. The normalized spacial score (nSPS) is 19.0. The van der Waals surface area contributed by atoms with Crippen LogP contribution in [-0.4, -0.2) is 55.7 Å². The molecular weight excluding hydrogens is 293 g/mol. The van der Waals surface area contributed by atoms with E-state index in [1.54, 1.807) is 20.2 Å². The predicted octanol–water partition coefficient (Wildman–Crippen LogP) is 1.73. The van der Waals surface area contributed by atoms with Gasteiger partial charge in [0.1, 0.15) is 5.82 Å². The maximum Gasteiger partial charge on any atom is 0.253 e. The van der Waals surface area contributed by atoms with Crippen LogP contribution in [0, 0.1) is 5.82 Å². The van der Waals surface area contributed by atoms with Crippen molar-refractivity contribution in [2.24, 2.45) is 0 Å². The van der Waals surface area contributed by atoms with Gasteiger partial charge in [0.15, 0.2) is 11.2 Å². The number of amides is 1. The van der Waals surface area contributed by atoms with Crippen LogP contribution in [0.25, 0.3) is 10.2 Å². The van der Waals surface area contributed by atoms with Gasteiger partial charge in [-0.2, -0.15) is 0 Å². The lowest BCUT2D eigenvalue weighted by atomic mass is 10.2. The third-order valence-corrected chi connectivity index (χ3v) is 4.47. The van der Waals surface area contributed by atoms with Gasteiger partial charge in [0.25, 0.3) is 5.91 Å². The molecule has 3 rings (SSSR count). The van der Waals surface area contributed by atoms with E-state index in [1.807, 2.05) is 4.90 Å². The van der Waals surface area contributed by atoms with E-state index in [4.69, 9.17) is 4.74 Å². The van der Waals surface area contributed by atoms with Crippen molar-refractivity contribution in [1.82, 2.24) is 9.88 Å². The number of hydrogen-bond donors (Lipinski definition) is 0. The summed E-state index contributed by atoms with van der Waals surface area (Å²) < 4.78 is 19.6. The predicted molar refractivity (Wildman–Crippen MR) is 80.2 cm³/mol. The van der Waals surface area contributed by atoms with Gasteiger partial charge in [-0.15, -0.1) is 0 Å². The lowest BCUT2D eigenvalue weighted by molar-refractivity contribution is -0.141. The first-order valence-corrected chi connectivity index (χ1v) is 7.50. The Morgan fingerprint density at radius 1 is 1.52 bits per heavy atom. The number of hydrogen-bond acceptors (Lipinski definition) is 5. The Balaban J connectivity index is 1.83. The first-order chi connectivity index (χ1) is 10.0. The van der Waals surface area contributed by atoms with E-state index in [1.165, 1.54) is 28.4 Å². The van der Waals surface area contributed by atoms with Gasteiger partial charge in [0, 0.05) is 20.6 Å². The quantitative estimate of drug-likeness (QED) is 0.847. The summed E-state index contributed by atoms with van der Waals surface area (Å²) in [5.41, 5.74) is 0.776. The molecule has 0 bridgehead atoms. The number of ether oxygens (including phenoxy) is 1. The van der Waals surface area contributed by atoms with Gasteiger partial charge in [-0.05, 0) is 18.2 Å². The van der Waals surface area contributed by atoms with Gasteiger partial charge in [0.2, 0.25) is 0 Å². The molecule has 0 spiro atoms. The fraction of sp³-hybridized carbons (Fsp3) is 0.429. The lowest BCUT2D eigenvalue weighted by Crippen LogP contribution is -2.49. The van der Waals surface area contributed by atoms with Gasteiger partial charge in [0.05, 0.1) is 23.4 Å². The lowest BCUT2D eigenvalue weighted by Gasteiger charge is -2.33. The van der Waals surface area contributed by atoms with Crippen LogP contribution in [0.2, 0.25) is 0 Å². The third-order valence-electron chi connectivity index (χ3n) is 3.39. The summed E-state index contributed by atoms with van der Waals surface area (Å²) in [6, 6.07) is 4.57. The Bertz CT molecular complexity index is 673. The Labute approximate surface area is 125 Å². The molecule has 1 atom stereocenters.